The molecule has 1 aliphatic heterocycles. The van der Waals surface area contributed by atoms with Crippen molar-refractivity contribution in [3.8, 4) is 5.75 Å². The first-order chi connectivity index (χ1) is 8.00. The summed E-state index contributed by atoms with van der Waals surface area (Å²) < 4.78 is 28.0. The second kappa shape index (κ2) is 4.56. The highest BCUT2D eigenvalue weighted by atomic mass is 32.2. The molecule has 1 atom stereocenters. The molecule has 1 fully saturated rings. The molecule has 0 aliphatic carbocycles. The van der Waals surface area contributed by atoms with Crippen LogP contribution in [0.15, 0.2) is 18.2 Å². The Bertz CT molecular complexity index is 510. The molecule has 1 aromatic rings. The third kappa shape index (κ3) is 2.91. The van der Waals surface area contributed by atoms with E-state index in [4.69, 9.17) is 4.74 Å². The predicted octanol–water partition coefficient (Wildman–Crippen LogP) is 1.60. The Hall–Kier alpha value is -1.23. The first kappa shape index (κ1) is 12.2. The van der Waals surface area contributed by atoms with Gasteiger partial charge in [0.1, 0.15) is 5.75 Å². The minimum atomic E-state index is -2.85. The van der Waals surface area contributed by atoms with Crippen LogP contribution in [0.3, 0.4) is 0 Å². The lowest BCUT2D eigenvalue weighted by molar-refractivity contribution is 0.416. The van der Waals surface area contributed by atoms with E-state index in [0.717, 1.165) is 17.0 Å². The molecule has 4 nitrogen and oxygen atoms in total. The highest BCUT2D eigenvalue weighted by molar-refractivity contribution is 7.91. The van der Waals surface area contributed by atoms with Crippen LogP contribution in [0, 0.1) is 6.92 Å². The number of sulfone groups is 1. The van der Waals surface area contributed by atoms with Crippen molar-refractivity contribution in [2.24, 2.45) is 0 Å². The number of methoxy groups -OCH3 is 1. The number of rotatable bonds is 3. The van der Waals surface area contributed by atoms with Gasteiger partial charge in [0.2, 0.25) is 0 Å². The fourth-order valence-electron chi connectivity index (χ4n) is 2.06. The summed E-state index contributed by atoms with van der Waals surface area (Å²) in [5.41, 5.74) is 1.99. The largest absolute Gasteiger partial charge is 0.495 e. The number of aryl methyl sites for hydroxylation is 1. The number of hydrogen-bond acceptors (Lipinski definition) is 4. The van der Waals surface area contributed by atoms with Gasteiger partial charge in [-0.05, 0) is 31.0 Å². The maximum Gasteiger partial charge on any atom is 0.152 e. The van der Waals surface area contributed by atoms with Crippen LogP contribution < -0.4 is 10.1 Å². The van der Waals surface area contributed by atoms with Crippen molar-refractivity contribution < 1.29 is 13.2 Å². The molecule has 94 valence electrons. The molecule has 0 radical (unpaired) electrons. The van der Waals surface area contributed by atoms with Crippen LogP contribution in [-0.4, -0.2) is 33.1 Å². The standard InChI is InChI=1S/C12H17NO3S/c1-9-3-4-12(16-2)11(7-9)13-10-5-6-17(14,15)8-10/h3-4,7,10,13H,5-6,8H2,1-2H3. The highest BCUT2D eigenvalue weighted by Gasteiger charge is 2.28. The summed E-state index contributed by atoms with van der Waals surface area (Å²) in [6.45, 7) is 2.00. The Morgan fingerprint density at radius 2 is 2.18 bits per heavy atom. The average Bonchev–Trinajstić information content (AvgIpc) is 2.58. The molecule has 5 heteroatoms. The lowest BCUT2D eigenvalue weighted by Crippen LogP contribution is -2.20. The Labute approximate surface area is 102 Å². The smallest absolute Gasteiger partial charge is 0.152 e. The van der Waals surface area contributed by atoms with Crippen LogP contribution in [0.5, 0.6) is 5.75 Å². The van der Waals surface area contributed by atoms with E-state index >= 15 is 0 Å². The number of nitrogens with one attached hydrogen (secondary N) is 1. The van der Waals surface area contributed by atoms with Crippen LogP contribution in [-0.2, 0) is 9.84 Å². The summed E-state index contributed by atoms with van der Waals surface area (Å²) >= 11 is 0. The lowest BCUT2D eigenvalue weighted by Gasteiger charge is -2.16. The quantitative estimate of drug-likeness (QED) is 0.891. The molecule has 1 saturated heterocycles. The van der Waals surface area contributed by atoms with Gasteiger partial charge in [-0.2, -0.15) is 0 Å². The fraction of sp³-hybridized carbons (Fsp3) is 0.500. The van der Waals surface area contributed by atoms with Crippen molar-refractivity contribution in [3.63, 3.8) is 0 Å². The molecule has 1 aliphatic rings. The molecular weight excluding hydrogens is 238 g/mol. The summed E-state index contributed by atoms with van der Waals surface area (Å²) in [5, 5.41) is 3.25. The van der Waals surface area contributed by atoms with Crippen LogP contribution >= 0.6 is 0 Å². The molecule has 1 N–H and O–H groups in total. The lowest BCUT2D eigenvalue weighted by atomic mass is 10.2. The molecule has 1 unspecified atom stereocenters. The van der Waals surface area contributed by atoms with Gasteiger partial charge in [-0.1, -0.05) is 6.07 Å². The molecule has 17 heavy (non-hydrogen) atoms. The van der Waals surface area contributed by atoms with Crippen LogP contribution in [0.1, 0.15) is 12.0 Å². The number of ether oxygens (including phenoxy) is 1. The Kier molecular flexibility index (Phi) is 3.28. The van der Waals surface area contributed by atoms with E-state index in [1.54, 1.807) is 7.11 Å². The Morgan fingerprint density at radius 1 is 1.41 bits per heavy atom. The summed E-state index contributed by atoms with van der Waals surface area (Å²) in [6, 6.07) is 5.83. The predicted molar refractivity (Wildman–Crippen MR) is 68.4 cm³/mol. The van der Waals surface area contributed by atoms with E-state index in [9.17, 15) is 8.42 Å². The van der Waals surface area contributed by atoms with Crippen molar-refractivity contribution in [1.29, 1.82) is 0 Å². The molecule has 1 heterocycles. The van der Waals surface area contributed by atoms with Gasteiger partial charge >= 0.3 is 0 Å². The number of benzene rings is 1. The van der Waals surface area contributed by atoms with E-state index in [2.05, 4.69) is 5.32 Å². The normalized spacial score (nSPS) is 22.4. The van der Waals surface area contributed by atoms with Crippen molar-refractivity contribution in [3.05, 3.63) is 23.8 Å². The van der Waals surface area contributed by atoms with Gasteiger partial charge in [0.15, 0.2) is 9.84 Å². The molecule has 0 amide bonds. The van der Waals surface area contributed by atoms with E-state index < -0.39 is 9.84 Å². The first-order valence-electron chi connectivity index (χ1n) is 5.62. The molecule has 0 aromatic heterocycles. The highest BCUT2D eigenvalue weighted by Crippen LogP contribution is 2.27. The number of hydrogen-bond donors (Lipinski definition) is 1. The second-order valence-corrected chi connectivity index (χ2v) is 6.68. The average molecular weight is 255 g/mol. The first-order valence-corrected chi connectivity index (χ1v) is 7.44. The SMILES string of the molecule is COc1ccc(C)cc1NC1CCS(=O)(=O)C1. The Morgan fingerprint density at radius 3 is 2.76 bits per heavy atom. The minimum absolute atomic E-state index is 0.00398. The summed E-state index contributed by atoms with van der Waals surface area (Å²) in [5.74, 6) is 1.24. The topological polar surface area (TPSA) is 55.4 Å². The monoisotopic (exact) mass is 255 g/mol. The zero-order valence-corrected chi connectivity index (χ0v) is 10.9. The summed E-state index contributed by atoms with van der Waals surface area (Å²) in [7, 11) is -1.24. The second-order valence-electron chi connectivity index (χ2n) is 4.45. The molecule has 2 rings (SSSR count). The third-order valence-corrected chi connectivity index (χ3v) is 4.71. The van der Waals surface area contributed by atoms with E-state index in [1.807, 2.05) is 25.1 Å². The minimum Gasteiger partial charge on any atom is -0.495 e. The fourth-order valence-corrected chi connectivity index (χ4v) is 3.74. The van der Waals surface area contributed by atoms with Crippen LogP contribution in [0.25, 0.3) is 0 Å². The zero-order chi connectivity index (χ0) is 12.5. The van der Waals surface area contributed by atoms with E-state index in [-0.39, 0.29) is 17.5 Å². The zero-order valence-electron chi connectivity index (χ0n) is 10.1. The van der Waals surface area contributed by atoms with Gasteiger partial charge in [-0.25, -0.2) is 8.42 Å². The maximum absolute atomic E-state index is 11.4. The Balaban J connectivity index is 2.16. The van der Waals surface area contributed by atoms with Gasteiger partial charge in [0.05, 0.1) is 24.3 Å². The van der Waals surface area contributed by atoms with Gasteiger partial charge in [-0.15, -0.1) is 0 Å². The molecular formula is C12H17NO3S. The maximum atomic E-state index is 11.4. The van der Waals surface area contributed by atoms with Crippen molar-refractivity contribution in [2.45, 2.75) is 19.4 Å². The molecule has 1 aromatic carbocycles. The van der Waals surface area contributed by atoms with Gasteiger partial charge in [0, 0.05) is 6.04 Å². The molecule has 0 saturated carbocycles. The van der Waals surface area contributed by atoms with E-state index in [1.165, 1.54) is 0 Å². The van der Waals surface area contributed by atoms with Crippen molar-refractivity contribution >= 4 is 15.5 Å². The van der Waals surface area contributed by atoms with Crippen molar-refractivity contribution in [1.82, 2.24) is 0 Å². The third-order valence-electron chi connectivity index (χ3n) is 2.95. The molecule has 0 spiro atoms. The van der Waals surface area contributed by atoms with Gasteiger partial charge in [-0.3, -0.25) is 0 Å². The van der Waals surface area contributed by atoms with Gasteiger partial charge in [0.25, 0.3) is 0 Å². The summed E-state index contributed by atoms with van der Waals surface area (Å²) in [6.07, 6.45) is 0.666. The van der Waals surface area contributed by atoms with Crippen molar-refractivity contribution in [2.75, 3.05) is 23.9 Å². The molecule has 0 bridgehead atoms. The van der Waals surface area contributed by atoms with Crippen LogP contribution in [0.4, 0.5) is 5.69 Å². The van der Waals surface area contributed by atoms with Gasteiger partial charge < -0.3 is 10.1 Å². The number of anilines is 1. The summed E-state index contributed by atoms with van der Waals surface area (Å²) in [4.78, 5) is 0. The van der Waals surface area contributed by atoms with E-state index in [0.29, 0.717) is 6.42 Å². The van der Waals surface area contributed by atoms with Crippen LogP contribution in [0.2, 0.25) is 0 Å².